The molecule has 0 saturated carbocycles. The molecule has 0 saturated heterocycles. The summed E-state index contributed by atoms with van der Waals surface area (Å²) in [5, 5.41) is 19.5. The van der Waals surface area contributed by atoms with Crippen LogP contribution in [0.5, 0.6) is 0 Å². The fourth-order valence-electron chi connectivity index (χ4n) is 6.40. The summed E-state index contributed by atoms with van der Waals surface area (Å²) in [7, 11) is 0. The van der Waals surface area contributed by atoms with Crippen LogP contribution in [0.4, 0.5) is 0 Å². The van der Waals surface area contributed by atoms with Crippen LogP contribution in [0, 0.1) is 5.92 Å². The van der Waals surface area contributed by atoms with Gasteiger partial charge < -0.3 is 15.1 Å². The standard InChI is InChI=1S/C39H79NO3/c1-4-7-9-11-13-15-17-18-19-20-21-23-25-27-29-31-33-40(35-38(42)36-41)39(43)34-37(6-3)32-30-28-26-24-22-16-14-12-10-8-5-2/h37-38,41-42H,4-36H2,1-3H3. The molecule has 2 unspecified atom stereocenters. The molecule has 0 bridgehead atoms. The number of carbonyl (C=O) groups excluding carboxylic acids is 1. The van der Waals surface area contributed by atoms with E-state index >= 15 is 0 Å². The van der Waals surface area contributed by atoms with Gasteiger partial charge in [0.1, 0.15) is 0 Å². The average molecular weight is 610 g/mol. The van der Waals surface area contributed by atoms with Crippen LogP contribution in [-0.4, -0.2) is 46.8 Å². The third kappa shape index (κ3) is 29.8. The maximum absolute atomic E-state index is 13.2. The molecule has 0 rings (SSSR count). The Balaban J connectivity index is 3.97. The number of aliphatic hydroxyl groups is 2. The summed E-state index contributed by atoms with van der Waals surface area (Å²) < 4.78 is 0. The highest BCUT2D eigenvalue weighted by atomic mass is 16.3. The SMILES string of the molecule is CCCCCCCCCCCCCCCCCCN(CC(O)CO)C(=O)CC(CC)CCCCCCCCCCCCC. The third-order valence-electron chi connectivity index (χ3n) is 9.53. The molecular weight excluding hydrogens is 530 g/mol. The van der Waals surface area contributed by atoms with Crippen LogP contribution < -0.4 is 0 Å². The Labute approximate surface area is 270 Å². The summed E-state index contributed by atoms with van der Waals surface area (Å²) in [4.78, 5) is 15.0. The van der Waals surface area contributed by atoms with Crippen LogP contribution in [0.1, 0.15) is 213 Å². The zero-order chi connectivity index (χ0) is 31.6. The highest BCUT2D eigenvalue weighted by molar-refractivity contribution is 5.76. The molecule has 1 amide bonds. The first-order valence-electron chi connectivity index (χ1n) is 19.7. The minimum atomic E-state index is -0.836. The Bertz CT molecular complexity index is 555. The van der Waals surface area contributed by atoms with Crippen LogP contribution in [0.3, 0.4) is 0 Å². The topological polar surface area (TPSA) is 60.8 Å². The van der Waals surface area contributed by atoms with E-state index in [1.165, 1.54) is 161 Å². The Morgan fingerprint density at radius 2 is 0.884 bits per heavy atom. The fraction of sp³-hybridized carbons (Fsp3) is 0.974. The number of unbranched alkanes of at least 4 members (excludes halogenated alkanes) is 25. The fourth-order valence-corrected chi connectivity index (χ4v) is 6.40. The number of amides is 1. The van der Waals surface area contributed by atoms with Gasteiger partial charge in [0, 0.05) is 19.5 Å². The second-order valence-electron chi connectivity index (χ2n) is 13.8. The molecule has 4 nitrogen and oxygen atoms in total. The molecule has 0 aromatic carbocycles. The van der Waals surface area contributed by atoms with E-state index in [0.717, 1.165) is 25.7 Å². The minimum absolute atomic E-state index is 0.170. The molecule has 0 aromatic heterocycles. The first kappa shape index (κ1) is 42.4. The summed E-state index contributed by atoms with van der Waals surface area (Å²) in [6.45, 7) is 7.47. The van der Waals surface area contributed by atoms with Crippen LogP contribution in [-0.2, 0) is 4.79 Å². The minimum Gasteiger partial charge on any atom is -0.394 e. The quantitative estimate of drug-likeness (QED) is 0.0703. The Hall–Kier alpha value is -0.610. The Morgan fingerprint density at radius 3 is 1.23 bits per heavy atom. The lowest BCUT2D eigenvalue weighted by atomic mass is 9.94. The molecule has 0 aromatic rings. The van der Waals surface area contributed by atoms with Crippen molar-refractivity contribution in [3.05, 3.63) is 0 Å². The van der Waals surface area contributed by atoms with Crippen molar-refractivity contribution in [3.63, 3.8) is 0 Å². The zero-order valence-corrected chi connectivity index (χ0v) is 29.7. The first-order valence-corrected chi connectivity index (χ1v) is 19.7. The van der Waals surface area contributed by atoms with Crippen molar-refractivity contribution in [3.8, 4) is 0 Å². The maximum Gasteiger partial charge on any atom is 0.222 e. The molecule has 258 valence electrons. The van der Waals surface area contributed by atoms with E-state index < -0.39 is 6.10 Å². The van der Waals surface area contributed by atoms with Crippen molar-refractivity contribution in [1.82, 2.24) is 4.90 Å². The maximum atomic E-state index is 13.2. The van der Waals surface area contributed by atoms with Crippen LogP contribution >= 0.6 is 0 Å². The number of nitrogens with zero attached hydrogens (tertiary/aromatic N) is 1. The van der Waals surface area contributed by atoms with E-state index in [9.17, 15) is 15.0 Å². The largest absolute Gasteiger partial charge is 0.394 e. The van der Waals surface area contributed by atoms with E-state index in [4.69, 9.17) is 0 Å². The summed E-state index contributed by atoms with van der Waals surface area (Å²) in [6, 6.07) is 0. The summed E-state index contributed by atoms with van der Waals surface area (Å²) in [5.41, 5.74) is 0. The summed E-state index contributed by atoms with van der Waals surface area (Å²) in [6.07, 6.45) is 38.3. The number of aliphatic hydroxyl groups excluding tert-OH is 2. The molecule has 0 fully saturated rings. The van der Waals surface area contributed by atoms with Crippen LogP contribution in [0.2, 0.25) is 0 Å². The van der Waals surface area contributed by atoms with Crippen molar-refractivity contribution in [2.75, 3.05) is 19.7 Å². The lowest BCUT2D eigenvalue weighted by Gasteiger charge is -2.27. The first-order chi connectivity index (χ1) is 21.1. The van der Waals surface area contributed by atoms with Crippen molar-refractivity contribution in [2.45, 2.75) is 219 Å². The molecule has 0 heterocycles. The van der Waals surface area contributed by atoms with Crippen molar-refractivity contribution < 1.29 is 15.0 Å². The van der Waals surface area contributed by atoms with E-state index in [1.807, 2.05) is 4.90 Å². The predicted molar refractivity (Wildman–Crippen MR) is 189 cm³/mol. The number of hydrogen-bond acceptors (Lipinski definition) is 3. The van der Waals surface area contributed by atoms with E-state index in [-0.39, 0.29) is 19.1 Å². The Kier molecular flexibility index (Phi) is 33.8. The van der Waals surface area contributed by atoms with Crippen LogP contribution in [0.25, 0.3) is 0 Å². The number of rotatable bonds is 35. The molecular formula is C39H79NO3. The van der Waals surface area contributed by atoms with Crippen molar-refractivity contribution in [2.24, 2.45) is 5.92 Å². The van der Waals surface area contributed by atoms with E-state index in [0.29, 0.717) is 18.9 Å². The van der Waals surface area contributed by atoms with Gasteiger partial charge in [0.15, 0.2) is 0 Å². The molecule has 2 N–H and O–H groups in total. The van der Waals surface area contributed by atoms with E-state index in [1.54, 1.807) is 0 Å². The molecule has 0 radical (unpaired) electrons. The third-order valence-corrected chi connectivity index (χ3v) is 9.53. The average Bonchev–Trinajstić information content (AvgIpc) is 3.01. The van der Waals surface area contributed by atoms with E-state index in [2.05, 4.69) is 20.8 Å². The van der Waals surface area contributed by atoms with Crippen molar-refractivity contribution in [1.29, 1.82) is 0 Å². The van der Waals surface area contributed by atoms with Gasteiger partial charge in [-0.3, -0.25) is 4.79 Å². The van der Waals surface area contributed by atoms with Gasteiger partial charge in [0.2, 0.25) is 5.91 Å². The molecule has 2 atom stereocenters. The van der Waals surface area contributed by atoms with Gasteiger partial charge in [0.05, 0.1) is 12.7 Å². The molecule has 0 aliphatic heterocycles. The molecule has 4 heteroatoms. The van der Waals surface area contributed by atoms with Crippen molar-refractivity contribution >= 4 is 5.91 Å². The lowest BCUT2D eigenvalue weighted by molar-refractivity contribution is -0.134. The van der Waals surface area contributed by atoms with Gasteiger partial charge in [-0.1, -0.05) is 194 Å². The molecule has 0 aliphatic carbocycles. The smallest absolute Gasteiger partial charge is 0.222 e. The zero-order valence-electron chi connectivity index (χ0n) is 29.7. The van der Waals surface area contributed by atoms with Gasteiger partial charge in [0.25, 0.3) is 0 Å². The predicted octanol–water partition coefficient (Wildman–Crippen LogP) is 11.5. The monoisotopic (exact) mass is 610 g/mol. The number of hydrogen-bond donors (Lipinski definition) is 2. The van der Waals surface area contributed by atoms with Gasteiger partial charge in [-0.2, -0.15) is 0 Å². The Morgan fingerprint density at radius 1 is 0.535 bits per heavy atom. The lowest BCUT2D eigenvalue weighted by Crippen LogP contribution is -2.40. The van der Waals surface area contributed by atoms with Crippen LogP contribution in [0.15, 0.2) is 0 Å². The van der Waals surface area contributed by atoms with Gasteiger partial charge in [-0.05, 0) is 18.8 Å². The summed E-state index contributed by atoms with van der Waals surface area (Å²) in [5.74, 6) is 0.606. The molecule has 0 aliphatic rings. The number of carbonyl (C=O) groups is 1. The highest BCUT2D eigenvalue weighted by Gasteiger charge is 2.20. The molecule has 43 heavy (non-hydrogen) atoms. The van der Waals surface area contributed by atoms with Gasteiger partial charge in [-0.25, -0.2) is 0 Å². The summed E-state index contributed by atoms with van der Waals surface area (Å²) >= 11 is 0. The van der Waals surface area contributed by atoms with Gasteiger partial charge in [-0.15, -0.1) is 0 Å². The highest BCUT2D eigenvalue weighted by Crippen LogP contribution is 2.21. The van der Waals surface area contributed by atoms with Gasteiger partial charge >= 0.3 is 0 Å². The molecule has 0 spiro atoms. The second-order valence-corrected chi connectivity index (χ2v) is 13.8. The normalized spacial score (nSPS) is 13.0. The second kappa shape index (κ2) is 34.3.